The van der Waals surface area contributed by atoms with E-state index in [4.69, 9.17) is 14.2 Å². The number of Topliss-reactive ketones (excluding diaryl/α,β-unsaturated/α-hetero) is 1. The van der Waals surface area contributed by atoms with Gasteiger partial charge in [0.2, 0.25) is 5.88 Å². The summed E-state index contributed by atoms with van der Waals surface area (Å²) in [6.45, 7) is 0.487. The van der Waals surface area contributed by atoms with E-state index in [0.717, 1.165) is 27.9 Å². The van der Waals surface area contributed by atoms with Gasteiger partial charge in [0.25, 0.3) is 0 Å². The largest absolute Gasteiger partial charge is 0.493 e. The second-order valence-corrected chi connectivity index (χ2v) is 8.24. The Morgan fingerprint density at radius 2 is 1.76 bits per heavy atom. The molecule has 0 fully saturated rings. The van der Waals surface area contributed by atoms with Gasteiger partial charge in [-0.2, -0.15) is 11.3 Å². The lowest BCUT2D eigenvalue weighted by Crippen LogP contribution is -2.04. The third-order valence-electron chi connectivity index (χ3n) is 5.24. The topological polar surface area (TPSA) is 57.7 Å². The fraction of sp³-hybridized carbons (Fsp3) is 0.185. The number of hydrogen-bond acceptors (Lipinski definition) is 6. The van der Waals surface area contributed by atoms with Crippen LogP contribution in [-0.2, 0) is 12.8 Å². The van der Waals surface area contributed by atoms with Gasteiger partial charge in [0, 0.05) is 35.4 Å². The second kappa shape index (κ2) is 10.8. The molecule has 0 unspecified atom stereocenters. The number of benzene rings is 2. The SMILES string of the molecule is COc1ccc(CCOc2cccc(-c3cccc(CC(=O)c4ccsc4)c3)n2)cc1OC. The summed E-state index contributed by atoms with van der Waals surface area (Å²) in [5.41, 5.74) is 4.57. The lowest BCUT2D eigenvalue weighted by molar-refractivity contribution is 0.0993. The van der Waals surface area contributed by atoms with Crippen LogP contribution in [0.4, 0.5) is 0 Å². The van der Waals surface area contributed by atoms with E-state index in [1.54, 1.807) is 14.2 Å². The molecule has 2 aromatic carbocycles. The highest BCUT2D eigenvalue weighted by Gasteiger charge is 2.10. The first kappa shape index (κ1) is 22.6. The van der Waals surface area contributed by atoms with Crippen LogP contribution in [-0.4, -0.2) is 31.6 Å². The Labute approximate surface area is 197 Å². The molecule has 0 aliphatic heterocycles. The van der Waals surface area contributed by atoms with E-state index in [-0.39, 0.29) is 5.78 Å². The maximum Gasteiger partial charge on any atom is 0.213 e. The molecule has 4 rings (SSSR count). The molecule has 0 atom stereocenters. The van der Waals surface area contributed by atoms with Crippen LogP contribution in [0, 0.1) is 0 Å². The lowest BCUT2D eigenvalue weighted by atomic mass is 10.0. The monoisotopic (exact) mass is 459 g/mol. The Morgan fingerprint density at radius 3 is 2.55 bits per heavy atom. The normalized spacial score (nSPS) is 10.6. The third kappa shape index (κ3) is 5.79. The highest BCUT2D eigenvalue weighted by Crippen LogP contribution is 2.28. The van der Waals surface area contributed by atoms with Crippen molar-refractivity contribution in [2.75, 3.05) is 20.8 Å². The summed E-state index contributed by atoms with van der Waals surface area (Å²) in [6.07, 6.45) is 1.08. The number of hydrogen-bond donors (Lipinski definition) is 0. The van der Waals surface area contributed by atoms with Crippen molar-refractivity contribution in [1.82, 2.24) is 4.98 Å². The molecule has 0 N–H and O–H groups in total. The smallest absolute Gasteiger partial charge is 0.213 e. The molecular weight excluding hydrogens is 434 g/mol. The van der Waals surface area contributed by atoms with E-state index in [2.05, 4.69) is 4.98 Å². The number of methoxy groups -OCH3 is 2. The minimum atomic E-state index is 0.119. The van der Waals surface area contributed by atoms with Crippen molar-refractivity contribution in [2.45, 2.75) is 12.8 Å². The van der Waals surface area contributed by atoms with Gasteiger partial charge < -0.3 is 14.2 Å². The Balaban J connectivity index is 1.40. The van der Waals surface area contributed by atoms with Gasteiger partial charge in [0.05, 0.1) is 26.5 Å². The van der Waals surface area contributed by atoms with Crippen molar-refractivity contribution in [3.63, 3.8) is 0 Å². The molecule has 4 aromatic rings. The first-order chi connectivity index (χ1) is 16.2. The molecule has 5 nitrogen and oxygen atoms in total. The van der Waals surface area contributed by atoms with Gasteiger partial charge in [-0.25, -0.2) is 4.98 Å². The molecule has 2 heterocycles. The number of ketones is 1. The Hall–Kier alpha value is -3.64. The zero-order valence-electron chi connectivity index (χ0n) is 18.6. The molecule has 6 heteroatoms. The summed E-state index contributed by atoms with van der Waals surface area (Å²) in [7, 11) is 3.25. The number of rotatable bonds is 10. The molecule has 0 aliphatic rings. The van der Waals surface area contributed by atoms with Crippen molar-refractivity contribution in [3.8, 4) is 28.6 Å². The molecule has 0 spiro atoms. The van der Waals surface area contributed by atoms with Gasteiger partial charge in [0.1, 0.15) is 0 Å². The molecule has 33 heavy (non-hydrogen) atoms. The van der Waals surface area contributed by atoms with Crippen LogP contribution in [0.25, 0.3) is 11.3 Å². The number of nitrogens with zero attached hydrogens (tertiary/aromatic N) is 1. The average Bonchev–Trinajstić information content (AvgIpc) is 3.40. The van der Waals surface area contributed by atoms with Crippen LogP contribution >= 0.6 is 11.3 Å². The van der Waals surface area contributed by atoms with Gasteiger partial charge in [-0.1, -0.05) is 30.3 Å². The third-order valence-corrected chi connectivity index (χ3v) is 5.93. The van der Waals surface area contributed by atoms with Gasteiger partial charge >= 0.3 is 0 Å². The first-order valence-electron chi connectivity index (χ1n) is 10.6. The van der Waals surface area contributed by atoms with E-state index in [1.165, 1.54) is 11.3 Å². The zero-order valence-corrected chi connectivity index (χ0v) is 19.4. The molecular formula is C27H25NO4S. The van der Waals surface area contributed by atoms with E-state index < -0.39 is 0 Å². The summed E-state index contributed by atoms with van der Waals surface area (Å²) in [5.74, 6) is 2.09. The van der Waals surface area contributed by atoms with Crippen LogP contribution < -0.4 is 14.2 Å². The maximum absolute atomic E-state index is 12.4. The number of carbonyl (C=O) groups is 1. The molecule has 2 aromatic heterocycles. The Morgan fingerprint density at radius 1 is 0.909 bits per heavy atom. The number of pyridine rings is 1. The van der Waals surface area contributed by atoms with Gasteiger partial charge in [0.15, 0.2) is 17.3 Å². The van der Waals surface area contributed by atoms with Crippen molar-refractivity contribution in [2.24, 2.45) is 0 Å². The van der Waals surface area contributed by atoms with Crippen molar-refractivity contribution in [1.29, 1.82) is 0 Å². The van der Waals surface area contributed by atoms with Gasteiger partial charge in [-0.05, 0) is 46.8 Å². The molecule has 0 bridgehead atoms. The number of thiophene rings is 1. The highest BCUT2D eigenvalue weighted by atomic mass is 32.1. The van der Waals surface area contributed by atoms with E-state index in [0.29, 0.717) is 36.8 Å². The molecule has 0 aliphatic carbocycles. The Bertz CT molecular complexity index is 1220. The van der Waals surface area contributed by atoms with Crippen LogP contribution in [0.15, 0.2) is 77.5 Å². The summed E-state index contributed by atoms with van der Waals surface area (Å²) < 4.78 is 16.6. The summed E-state index contributed by atoms with van der Waals surface area (Å²) >= 11 is 1.53. The fourth-order valence-electron chi connectivity index (χ4n) is 3.52. The van der Waals surface area contributed by atoms with Crippen LogP contribution in [0.2, 0.25) is 0 Å². The Kier molecular flexibility index (Phi) is 7.37. The lowest BCUT2D eigenvalue weighted by Gasteiger charge is -2.11. The van der Waals surface area contributed by atoms with Gasteiger partial charge in [-0.3, -0.25) is 4.79 Å². The standard InChI is InChI=1S/C27H25NO4S/c1-30-25-10-9-19(17-26(25)31-2)11-13-32-27-8-4-7-23(28-27)21-6-3-5-20(15-21)16-24(29)22-12-14-33-18-22/h3-10,12,14-15,17-18H,11,13,16H2,1-2H3. The predicted octanol–water partition coefficient (Wildman–Crippen LogP) is 5.87. The van der Waals surface area contributed by atoms with Crippen LogP contribution in [0.3, 0.4) is 0 Å². The number of aromatic nitrogens is 1. The van der Waals surface area contributed by atoms with Crippen molar-refractivity contribution < 1.29 is 19.0 Å². The number of carbonyl (C=O) groups excluding carboxylic acids is 1. The van der Waals surface area contributed by atoms with Gasteiger partial charge in [-0.15, -0.1) is 0 Å². The predicted molar refractivity (Wildman–Crippen MR) is 131 cm³/mol. The summed E-state index contributed by atoms with van der Waals surface area (Å²) in [5, 5.41) is 3.81. The van der Waals surface area contributed by atoms with E-state index in [9.17, 15) is 4.79 Å². The zero-order chi connectivity index (χ0) is 23.0. The first-order valence-corrected chi connectivity index (χ1v) is 11.6. The highest BCUT2D eigenvalue weighted by molar-refractivity contribution is 7.08. The molecule has 168 valence electrons. The minimum absolute atomic E-state index is 0.119. The van der Waals surface area contributed by atoms with Crippen molar-refractivity contribution in [3.05, 3.63) is 94.2 Å². The second-order valence-electron chi connectivity index (χ2n) is 7.46. The van der Waals surface area contributed by atoms with E-state index >= 15 is 0 Å². The average molecular weight is 460 g/mol. The summed E-state index contributed by atoms with van der Waals surface area (Å²) in [4.78, 5) is 17.1. The fourth-order valence-corrected chi connectivity index (χ4v) is 4.18. The quantitative estimate of drug-likeness (QED) is 0.278. The van der Waals surface area contributed by atoms with Crippen LogP contribution in [0.1, 0.15) is 21.5 Å². The number of ether oxygens (including phenoxy) is 3. The minimum Gasteiger partial charge on any atom is -0.493 e. The molecule has 0 saturated heterocycles. The molecule has 0 amide bonds. The summed E-state index contributed by atoms with van der Waals surface area (Å²) in [6, 6.07) is 21.4. The van der Waals surface area contributed by atoms with E-state index in [1.807, 2.05) is 77.5 Å². The molecule has 0 radical (unpaired) electrons. The van der Waals surface area contributed by atoms with Crippen LogP contribution in [0.5, 0.6) is 17.4 Å². The van der Waals surface area contributed by atoms with Crippen molar-refractivity contribution >= 4 is 17.1 Å². The molecule has 0 saturated carbocycles. The maximum atomic E-state index is 12.4.